The third kappa shape index (κ3) is 5.82. The Balaban J connectivity index is 1.24. The van der Waals surface area contributed by atoms with Crippen molar-refractivity contribution in [1.82, 2.24) is 19.4 Å². The summed E-state index contributed by atoms with van der Waals surface area (Å²) in [5.41, 5.74) is 2.02. The van der Waals surface area contributed by atoms with Gasteiger partial charge in [-0.15, -0.1) is 0 Å². The summed E-state index contributed by atoms with van der Waals surface area (Å²) in [5, 5.41) is 0.869. The smallest absolute Gasteiger partial charge is 0.233 e. The van der Waals surface area contributed by atoms with Crippen LogP contribution in [0, 0.1) is 0 Å². The molecule has 170 valence electrons. The second-order valence-electron chi connectivity index (χ2n) is 7.70. The Hall–Kier alpha value is -2.55. The molecule has 1 saturated heterocycles. The van der Waals surface area contributed by atoms with Crippen molar-refractivity contribution < 1.29 is 14.3 Å². The number of imidazole rings is 1. The number of amides is 1. The van der Waals surface area contributed by atoms with Crippen molar-refractivity contribution in [1.29, 1.82) is 0 Å². The highest BCUT2D eigenvalue weighted by Gasteiger charge is 2.22. The summed E-state index contributed by atoms with van der Waals surface area (Å²) in [5.74, 6) is 1.46. The molecule has 3 aromatic rings. The first-order chi connectivity index (χ1) is 15.7. The second-order valence-corrected chi connectivity index (χ2v) is 8.64. The maximum atomic E-state index is 12.8. The highest BCUT2D eigenvalue weighted by atomic mass is 32.2. The maximum Gasteiger partial charge on any atom is 0.233 e. The Morgan fingerprint density at radius 1 is 0.969 bits per heavy atom. The van der Waals surface area contributed by atoms with Gasteiger partial charge in [-0.25, -0.2) is 4.98 Å². The average molecular weight is 455 g/mol. The molecule has 8 heteroatoms. The third-order valence-corrected chi connectivity index (χ3v) is 6.57. The molecule has 4 rings (SSSR count). The Morgan fingerprint density at radius 2 is 1.72 bits per heavy atom. The molecule has 1 aliphatic heterocycles. The van der Waals surface area contributed by atoms with Gasteiger partial charge in [0, 0.05) is 46.4 Å². The van der Waals surface area contributed by atoms with Crippen LogP contribution in [0.4, 0.5) is 0 Å². The Bertz CT molecular complexity index is 1000. The van der Waals surface area contributed by atoms with Crippen molar-refractivity contribution in [2.45, 2.75) is 11.7 Å². The van der Waals surface area contributed by atoms with Crippen LogP contribution in [0.2, 0.25) is 0 Å². The number of rotatable bonds is 10. The third-order valence-electron chi connectivity index (χ3n) is 5.61. The Kier molecular flexibility index (Phi) is 8.03. The first kappa shape index (κ1) is 22.6. The zero-order valence-corrected chi connectivity index (χ0v) is 19.3. The molecule has 0 bridgehead atoms. The van der Waals surface area contributed by atoms with Gasteiger partial charge in [0.05, 0.1) is 23.4 Å². The van der Waals surface area contributed by atoms with Crippen LogP contribution in [0.25, 0.3) is 11.0 Å². The van der Waals surface area contributed by atoms with E-state index in [2.05, 4.69) is 15.5 Å². The van der Waals surface area contributed by atoms with Crippen LogP contribution in [0.15, 0.2) is 59.8 Å². The lowest BCUT2D eigenvalue weighted by molar-refractivity contribution is -0.130. The van der Waals surface area contributed by atoms with Crippen LogP contribution in [-0.4, -0.2) is 84.1 Å². The molecule has 1 fully saturated rings. The fourth-order valence-electron chi connectivity index (χ4n) is 3.81. The second kappa shape index (κ2) is 11.4. The van der Waals surface area contributed by atoms with Crippen LogP contribution in [0.3, 0.4) is 0 Å². The monoisotopic (exact) mass is 454 g/mol. The van der Waals surface area contributed by atoms with Crippen molar-refractivity contribution in [3.8, 4) is 5.75 Å². The lowest BCUT2D eigenvalue weighted by Crippen LogP contribution is -2.50. The molecule has 0 N–H and O–H groups in total. The predicted molar refractivity (Wildman–Crippen MR) is 127 cm³/mol. The number of thioether (sulfide) groups is 1. The highest BCUT2D eigenvalue weighted by molar-refractivity contribution is 7.99. The van der Waals surface area contributed by atoms with Crippen molar-refractivity contribution in [3.63, 3.8) is 0 Å². The minimum absolute atomic E-state index is 0.167. The van der Waals surface area contributed by atoms with E-state index in [9.17, 15) is 4.79 Å². The van der Waals surface area contributed by atoms with E-state index >= 15 is 0 Å². The van der Waals surface area contributed by atoms with Crippen LogP contribution in [-0.2, 0) is 16.1 Å². The van der Waals surface area contributed by atoms with Gasteiger partial charge in [0.25, 0.3) is 0 Å². The molecule has 0 spiro atoms. The molecule has 1 aliphatic rings. The number of para-hydroxylation sites is 3. The molecular weight excluding hydrogens is 424 g/mol. The van der Waals surface area contributed by atoms with Crippen LogP contribution >= 0.6 is 11.8 Å². The topological polar surface area (TPSA) is 59.8 Å². The molecule has 2 heterocycles. The molecule has 2 aromatic carbocycles. The number of carbonyl (C=O) groups is 1. The zero-order valence-electron chi connectivity index (χ0n) is 18.5. The van der Waals surface area contributed by atoms with Crippen LogP contribution < -0.4 is 4.74 Å². The Labute approximate surface area is 193 Å². The average Bonchev–Trinajstić information content (AvgIpc) is 3.19. The quantitative estimate of drug-likeness (QED) is 0.439. The van der Waals surface area contributed by atoms with E-state index in [1.807, 2.05) is 53.4 Å². The largest absolute Gasteiger partial charge is 0.492 e. The van der Waals surface area contributed by atoms with E-state index in [1.165, 1.54) is 11.8 Å². The lowest BCUT2D eigenvalue weighted by atomic mass is 10.3. The van der Waals surface area contributed by atoms with Gasteiger partial charge >= 0.3 is 0 Å². The van der Waals surface area contributed by atoms with Gasteiger partial charge in [-0.2, -0.15) is 0 Å². The zero-order chi connectivity index (χ0) is 22.2. The maximum absolute atomic E-state index is 12.8. The molecule has 0 unspecified atom stereocenters. The number of aromatic nitrogens is 2. The minimum Gasteiger partial charge on any atom is -0.492 e. The van der Waals surface area contributed by atoms with Crippen LogP contribution in [0.1, 0.15) is 0 Å². The number of hydrogen-bond acceptors (Lipinski definition) is 6. The number of methoxy groups -OCH3 is 1. The van der Waals surface area contributed by atoms with E-state index in [0.29, 0.717) is 19.0 Å². The first-order valence-electron chi connectivity index (χ1n) is 11.0. The standard InChI is InChI=1S/C24H30N4O3S/c1-30-17-16-28-22-10-6-5-9-21(22)25-24(28)32-19-23(29)27-13-11-26(12-14-27)15-18-31-20-7-3-2-4-8-20/h2-10H,11-19H2,1H3. The van der Waals surface area contributed by atoms with Crippen molar-refractivity contribution in [3.05, 3.63) is 54.6 Å². The van der Waals surface area contributed by atoms with Gasteiger partial charge < -0.3 is 18.9 Å². The van der Waals surface area contributed by atoms with Gasteiger partial charge in [-0.1, -0.05) is 42.1 Å². The summed E-state index contributed by atoms with van der Waals surface area (Å²) in [4.78, 5) is 21.9. The number of benzene rings is 2. The summed E-state index contributed by atoms with van der Waals surface area (Å²) in [7, 11) is 1.70. The van der Waals surface area contributed by atoms with E-state index in [-0.39, 0.29) is 5.91 Å². The minimum atomic E-state index is 0.167. The summed E-state index contributed by atoms with van der Waals surface area (Å²) in [6.07, 6.45) is 0. The summed E-state index contributed by atoms with van der Waals surface area (Å²) >= 11 is 1.51. The van der Waals surface area contributed by atoms with Crippen LogP contribution in [0.5, 0.6) is 5.75 Å². The normalized spacial score (nSPS) is 14.7. The fraction of sp³-hybridized carbons (Fsp3) is 0.417. The SMILES string of the molecule is COCCn1c(SCC(=O)N2CCN(CCOc3ccccc3)CC2)nc2ccccc21. The highest BCUT2D eigenvalue weighted by Crippen LogP contribution is 2.24. The van der Waals surface area contributed by atoms with Gasteiger partial charge in [-0.05, 0) is 24.3 Å². The first-order valence-corrected chi connectivity index (χ1v) is 12.0. The summed E-state index contributed by atoms with van der Waals surface area (Å²) in [6, 6.07) is 17.9. The summed E-state index contributed by atoms with van der Waals surface area (Å²) < 4.78 is 13.2. The molecular formula is C24H30N4O3S. The van der Waals surface area contributed by atoms with E-state index in [4.69, 9.17) is 14.5 Å². The van der Waals surface area contributed by atoms with Crippen molar-refractivity contribution in [2.24, 2.45) is 0 Å². The number of fused-ring (bicyclic) bond motifs is 1. The van der Waals surface area contributed by atoms with Crippen molar-refractivity contribution in [2.75, 3.05) is 58.8 Å². The number of hydrogen-bond donors (Lipinski definition) is 0. The van der Waals surface area contributed by atoms with Gasteiger partial charge in [0.2, 0.25) is 5.91 Å². The predicted octanol–water partition coefficient (Wildman–Crippen LogP) is 3.00. The number of nitrogens with zero attached hydrogens (tertiary/aromatic N) is 4. The molecule has 1 aromatic heterocycles. The van der Waals surface area contributed by atoms with E-state index in [0.717, 1.165) is 61.2 Å². The fourth-order valence-corrected chi connectivity index (χ4v) is 4.75. The van der Waals surface area contributed by atoms with Crippen molar-refractivity contribution >= 4 is 28.7 Å². The number of carbonyl (C=O) groups excluding carboxylic acids is 1. The number of piperazine rings is 1. The molecule has 32 heavy (non-hydrogen) atoms. The lowest BCUT2D eigenvalue weighted by Gasteiger charge is -2.34. The molecule has 0 atom stereocenters. The summed E-state index contributed by atoms with van der Waals surface area (Å²) in [6.45, 7) is 6.12. The molecule has 0 radical (unpaired) electrons. The Morgan fingerprint density at radius 3 is 2.50 bits per heavy atom. The molecule has 7 nitrogen and oxygen atoms in total. The molecule has 1 amide bonds. The van der Waals surface area contributed by atoms with Gasteiger partial charge in [-0.3, -0.25) is 9.69 Å². The van der Waals surface area contributed by atoms with Gasteiger partial charge in [0.1, 0.15) is 12.4 Å². The van der Waals surface area contributed by atoms with E-state index < -0.39 is 0 Å². The van der Waals surface area contributed by atoms with E-state index in [1.54, 1.807) is 7.11 Å². The number of ether oxygens (including phenoxy) is 2. The molecule has 0 saturated carbocycles. The molecule has 0 aliphatic carbocycles. The van der Waals surface area contributed by atoms with Gasteiger partial charge in [0.15, 0.2) is 5.16 Å².